The standard InChI is InChI=1S/C24H21Cl2N5O3S2/c1-34-21-8-7-15(11-27-21)12-29-24-30-22(26)20(35-24)9-16-14-31(23-19(16)10-17(25)13-28-23)36(32,33)18-5-3-2-4-6-18/h2-8,10-11,13,16H,9,12,14H2,1H3,(H,29,30). The molecule has 1 aliphatic rings. The number of nitrogens with zero attached hydrogens (tertiary/aromatic N) is 4. The number of methoxy groups -OCH3 is 1. The van der Waals surface area contributed by atoms with Crippen LogP contribution in [0, 0.1) is 0 Å². The largest absolute Gasteiger partial charge is 0.481 e. The third-order valence-corrected chi connectivity index (χ3v) is 9.22. The van der Waals surface area contributed by atoms with E-state index >= 15 is 0 Å². The number of sulfonamides is 1. The Hall–Kier alpha value is -2.92. The molecule has 0 amide bonds. The topological polar surface area (TPSA) is 97.3 Å². The minimum atomic E-state index is -3.78. The highest BCUT2D eigenvalue weighted by Gasteiger charge is 2.38. The number of hydrogen-bond donors (Lipinski definition) is 1. The van der Waals surface area contributed by atoms with Gasteiger partial charge in [-0.05, 0) is 30.2 Å². The Balaban J connectivity index is 1.36. The number of thiazole rings is 1. The third kappa shape index (κ3) is 4.99. The molecule has 8 nitrogen and oxygen atoms in total. The Morgan fingerprint density at radius 2 is 1.94 bits per heavy atom. The highest BCUT2D eigenvalue weighted by molar-refractivity contribution is 7.92. The molecule has 12 heteroatoms. The molecule has 186 valence electrons. The molecular weight excluding hydrogens is 541 g/mol. The SMILES string of the molecule is COc1ccc(CNc2nc(Cl)c(CC3CN(S(=O)(=O)c4ccccc4)c4ncc(Cl)cc43)s2)cn1. The van der Waals surface area contributed by atoms with Crippen molar-refractivity contribution in [1.82, 2.24) is 15.0 Å². The zero-order valence-electron chi connectivity index (χ0n) is 19.1. The summed E-state index contributed by atoms with van der Waals surface area (Å²) < 4.78 is 33.2. The molecule has 1 N–H and O–H groups in total. The highest BCUT2D eigenvalue weighted by atomic mass is 35.5. The Morgan fingerprint density at radius 3 is 2.67 bits per heavy atom. The lowest BCUT2D eigenvalue weighted by atomic mass is 9.99. The van der Waals surface area contributed by atoms with Crippen LogP contribution in [-0.2, 0) is 23.0 Å². The molecule has 4 aromatic rings. The number of aromatic nitrogens is 3. The smallest absolute Gasteiger partial charge is 0.265 e. The van der Waals surface area contributed by atoms with Crippen molar-refractivity contribution in [1.29, 1.82) is 0 Å². The first-order valence-corrected chi connectivity index (χ1v) is 14.0. The molecule has 5 rings (SSSR count). The Morgan fingerprint density at radius 1 is 1.14 bits per heavy atom. The fourth-order valence-electron chi connectivity index (χ4n) is 4.02. The first-order chi connectivity index (χ1) is 17.3. The Kier molecular flexibility index (Phi) is 7.03. The van der Waals surface area contributed by atoms with Gasteiger partial charge in [0, 0.05) is 47.9 Å². The molecule has 1 unspecified atom stereocenters. The molecule has 0 fully saturated rings. The third-order valence-electron chi connectivity index (χ3n) is 5.79. The molecule has 0 saturated heterocycles. The Bertz CT molecular complexity index is 1480. The van der Waals surface area contributed by atoms with Gasteiger partial charge in [0.15, 0.2) is 5.13 Å². The first kappa shape index (κ1) is 24.8. The zero-order chi connectivity index (χ0) is 25.3. The van der Waals surface area contributed by atoms with E-state index in [9.17, 15) is 8.42 Å². The predicted molar refractivity (Wildman–Crippen MR) is 142 cm³/mol. The summed E-state index contributed by atoms with van der Waals surface area (Å²) in [5, 5.41) is 4.77. The second-order valence-electron chi connectivity index (χ2n) is 8.11. The second-order valence-corrected chi connectivity index (χ2v) is 11.9. The highest BCUT2D eigenvalue weighted by Crippen LogP contribution is 2.42. The van der Waals surface area contributed by atoms with E-state index in [4.69, 9.17) is 27.9 Å². The fraction of sp³-hybridized carbons (Fsp3) is 0.208. The van der Waals surface area contributed by atoms with Gasteiger partial charge < -0.3 is 10.1 Å². The van der Waals surface area contributed by atoms with Crippen LogP contribution in [-0.4, -0.2) is 37.0 Å². The number of benzene rings is 1. The maximum absolute atomic E-state index is 13.4. The zero-order valence-corrected chi connectivity index (χ0v) is 22.2. The van der Waals surface area contributed by atoms with Crippen LogP contribution in [0.1, 0.15) is 21.9 Å². The first-order valence-electron chi connectivity index (χ1n) is 11.0. The normalized spacial score (nSPS) is 15.1. The number of nitrogens with one attached hydrogen (secondary N) is 1. The van der Waals surface area contributed by atoms with Gasteiger partial charge in [0.2, 0.25) is 5.88 Å². The number of halogens is 2. The molecule has 0 saturated carbocycles. The summed E-state index contributed by atoms with van der Waals surface area (Å²) in [6.07, 6.45) is 3.69. The molecule has 1 atom stereocenters. The molecule has 0 spiro atoms. The fourth-order valence-corrected chi connectivity index (χ4v) is 6.95. The molecule has 1 aliphatic heterocycles. The van der Waals surface area contributed by atoms with Crippen molar-refractivity contribution in [2.24, 2.45) is 0 Å². The predicted octanol–water partition coefficient (Wildman–Crippen LogP) is 5.40. The van der Waals surface area contributed by atoms with Gasteiger partial charge in [-0.1, -0.05) is 47.5 Å². The van der Waals surface area contributed by atoms with Crippen LogP contribution in [0.4, 0.5) is 10.9 Å². The quantitative estimate of drug-likeness (QED) is 0.307. The van der Waals surface area contributed by atoms with E-state index in [1.807, 2.05) is 6.07 Å². The number of pyridine rings is 2. The number of hydrogen-bond acceptors (Lipinski definition) is 8. The van der Waals surface area contributed by atoms with Gasteiger partial charge in [0.1, 0.15) is 11.0 Å². The van der Waals surface area contributed by atoms with Gasteiger partial charge in [-0.3, -0.25) is 0 Å². The minimum absolute atomic E-state index is 0.179. The summed E-state index contributed by atoms with van der Waals surface area (Å²) in [6.45, 7) is 0.754. The molecule has 0 bridgehead atoms. The molecule has 36 heavy (non-hydrogen) atoms. The summed E-state index contributed by atoms with van der Waals surface area (Å²) in [5.41, 5.74) is 1.74. The van der Waals surface area contributed by atoms with Crippen LogP contribution < -0.4 is 14.4 Å². The van der Waals surface area contributed by atoms with Crippen LogP contribution in [0.15, 0.2) is 65.8 Å². The van der Waals surface area contributed by atoms with E-state index in [2.05, 4.69) is 20.3 Å². The van der Waals surface area contributed by atoms with Gasteiger partial charge in [-0.15, -0.1) is 11.3 Å². The maximum Gasteiger partial charge on any atom is 0.265 e. The average Bonchev–Trinajstić information content (AvgIpc) is 3.43. The molecule has 3 aromatic heterocycles. The lowest BCUT2D eigenvalue weighted by Gasteiger charge is -2.19. The van der Waals surface area contributed by atoms with Gasteiger partial charge in [-0.2, -0.15) is 0 Å². The van der Waals surface area contributed by atoms with Crippen LogP contribution in [0.2, 0.25) is 10.2 Å². The minimum Gasteiger partial charge on any atom is -0.481 e. The van der Waals surface area contributed by atoms with Crippen molar-refractivity contribution >= 4 is 55.5 Å². The molecule has 1 aromatic carbocycles. The lowest BCUT2D eigenvalue weighted by molar-refractivity contribution is 0.397. The van der Waals surface area contributed by atoms with Gasteiger partial charge >= 0.3 is 0 Å². The van der Waals surface area contributed by atoms with Crippen molar-refractivity contribution < 1.29 is 13.2 Å². The number of anilines is 2. The Labute approximate surface area is 223 Å². The van der Waals surface area contributed by atoms with E-state index in [0.29, 0.717) is 40.0 Å². The number of rotatable bonds is 8. The summed E-state index contributed by atoms with van der Waals surface area (Å²) in [4.78, 5) is 14.1. The number of fused-ring (bicyclic) bond motifs is 1. The van der Waals surface area contributed by atoms with Gasteiger partial charge in [0.05, 0.1) is 17.0 Å². The van der Waals surface area contributed by atoms with Crippen molar-refractivity contribution in [3.8, 4) is 5.88 Å². The van der Waals surface area contributed by atoms with Crippen molar-refractivity contribution in [2.75, 3.05) is 23.3 Å². The van der Waals surface area contributed by atoms with E-state index in [-0.39, 0.29) is 17.4 Å². The van der Waals surface area contributed by atoms with Crippen molar-refractivity contribution in [3.63, 3.8) is 0 Å². The molecule has 4 heterocycles. The van der Waals surface area contributed by atoms with Gasteiger partial charge in [0.25, 0.3) is 10.0 Å². The molecule has 0 aliphatic carbocycles. The van der Waals surface area contributed by atoms with E-state index in [0.717, 1.165) is 16.0 Å². The number of ether oxygens (including phenoxy) is 1. The van der Waals surface area contributed by atoms with E-state index in [1.54, 1.807) is 55.8 Å². The summed E-state index contributed by atoms with van der Waals surface area (Å²) >= 11 is 14.2. The van der Waals surface area contributed by atoms with Crippen LogP contribution in [0.25, 0.3) is 0 Å². The lowest BCUT2D eigenvalue weighted by Crippen LogP contribution is -2.30. The van der Waals surface area contributed by atoms with Crippen LogP contribution in [0.3, 0.4) is 0 Å². The van der Waals surface area contributed by atoms with Gasteiger partial charge in [-0.25, -0.2) is 27.7 Å². The van der Waals surface area contributed by atoms with Crippen molar-refractivity contribution in [2.45, 2.75) is 23.8 Å². The van der Waals surface area contributed by atoms with E-state index in [1.165, 1.54) is 21.8 Å². The van der Waals surface area contributed by atoms with Crippen LogP contribution >= 0.6 is 34.5 Å². The summed E-state index contributed by atoms with van der Waals surface area (Å²) in [5.74, 6) is 0.758. The van der Waals surface area contributed by atoms with Crippen molar-refractivity contribution in [3.05, 3.63) is 87.1 Å². The average molecular weight is 563 g/mol. The summed E-state index contributed by atoms with van der Waals surface area (Å²) in [6, 6.07) is 13.8. The molecule has 0 radical (unpaired) electrons. The maximum atomic E-state index is 13.4. The molecular formula is C24H21Cl2N5O3S2. The second kappa shape index (κ2) is 10.2. The van der Waals surface area contributed by atoms with E-state index < -0.39 is 10.0 Å². The summed E-state index contributed by atoms with van der Waals surface area (Å²) in [7, 11) is -2.21. The van der Waals surface area contributed by atoms with Crippen LogP contribution in [0.5, 0.6) is 5.88 Å². The monoisotopic (exact) mass is 561 g/mol.